The minimum absolute atomic E-state index is 0.0637. The first-order valence-corrected chi connectivity index (χ1v) is 8.19. The third kappa shape index (κ3) is 4.00. The van der Waals surface area contributed by atoms with Gasteiger partial charge in [-0.05, 0) is 43.2 Å². The van der Waals surface area contributed by atoms with E-state index in [1.54, 1.807) is 6.07 Å². The van der Waals surface area contributed by atoms with E-state index in [4.69, 9.17) is 11.6 Å². The van der Waals surface area contributed by atoms with Crippen LogP contribution in [-0.2, 0) is 0 Å². The van der Waals surface area contributed by atoms with Gasteiger partial charge in [0.25, 0.3) is 0 Å². The van der Waals surface area contributed by atoms with Crippen molar-refractivity contribution in [3.05, 3.63) is 63.1 Å². The van der Waals surface area contributed by atoms with Gasteiger partial charge in [-0.25, -0.2) is 0 Å². The number of aromatic hydroxyl groups is 1. The quantitative estimate of drug-likeness (QED) is 0.719. The van der Waals surface area contributed by atoms with E-state index in [2.05, 4.69) is 35.1 Å². The van der Waals surface area contributed by atoms with E-state index in [1.807, 2.05) is 36.4 Å². The van der Waals surface area contributed by atoms with E-state index in [9.17, 15) is 5.11 Å². The minimum atomic E-state index is 0.0637. The monoisotopic (exact) mass is 367 g/mol. The highest BCUT2D eigenvalue weighted by Crippen LogP contribution is 2.32. The van der Waals surface area contributed by atoms with Crippen molar-refractivity contribution in [2.75, 3.05) is 0 Å². The van der Waals surface area contributed by atoms with Gasteiger partial charge in [0.2, 0.25) is 0 Å². The molecule has 2 aromatic rings. The lowest BCUT2D eigenvalue weighted by atomic mass is 10.0. The van der Waals surface area contributed by atoms with Gasteiger partial charge in [-0.3, -0.25) is 0 Å². The Morgan fingerprint density at radius 1 is 1.19 bits per heavy atom. The van der Waals surface area contributed by atoms with Crippen LogP contribution in [0.25, 0.3) is 0 Å². The molecule has 0 saturated heterocycles. The maximum atomic E-state index is 10.1. The smallest absolute Gasteiger partial charge is 0.120 e. The number of phenols is 1. The molecule has 0 aliphatic rings. The standard InChI is InChI=1S/C17H19BrClNO/c1-3-16(14-10-12(18)8-9-17(14)21)20-11(2)13-6-4-5-7-15(13)19/h4-11,16,20-21H,3H2,1-2H3/t11-,16?/m1/s1. The van der Waals surface area contributed by atoms with Crippen molar-refractivity contribution in [2.24, 2.45) is 0 Å². The van der Waals surface area contributed by atoms with Crippen LogP contribution in [0.5, 0.6) is 5.75 Å². The molecule has 0 spiro atoms. The van der Waals surface area contributed by atoms with E-state index in [1.165, 1.54) is 0 Å². The summed E-state index contributed by atoms with van der Waals surface area (Å²) < 4.78 is 0.959. The second-order valence-electron chi connectivity index (χ2n) is 5.07. The minimum Gasteiger partial charge on any atom is -0.508 e. The molecule has 2 nitrogen and oxygen atoms in total. The largest absolute Gasteiger partial charge is 0.508 e. The molecule has 4 heteroatoms. The molecule has 112 valence electrons. The zero-order chi connectivity index (χ0) is 15.4. The predicted octanol–water partition coefficient (Wildman–Crippen LogP) is 5.61. The Morgan fingerprint density at radius 3 is 2.57 bits per heavy atom. The summed E-state index contributed by atoms with van der Waals surface area (Å²) in [6.07, 6.45) is 0.874. The van der Waals surface area contributed by atoms with Gasteiger partial charge in [-0.2, -0.15) is 0 Å². The Kier molecular flexibility index (Phi) is 5.68. The molecule has 21 heavy (non-hydrogen) atoms. The summed E-state index contributed by atoms with van der Waals surface area (Å²) in [4.78, 5) is 0. The third-order valence-corrected chi connectivity index (χ3v) is 4.43. The lowest BCUT2D eigenvalue weighted by Gasteiger charge is -2.24. The zero-order valence-electron chi connectivity index (χ0n) is 12.1. The van der Waals surface area contributed by atoms with Crippen LogP contribution in [-0.4, -0.2) is 5.11 Å². The number of phenolic OH excluding ortho intramolecular Hbond substituents is 1. The van der Waals surface area contributed by atoms with Gasteiger partial charge in [0.1, 0.15) is 5.75 Å². The SMILES string of the molecule is CCC(N[C@H](C)c1ccccc1Cl)c1cc(Br)ccc1O. The van der Waals surface area contributed by atoms with Crippen molar-refractivity contribution in [1.82, 2.24) is 5.32 Å². The van der Waals surface area contributed by atoms with Crippen molar-refractivity contribution in [3.63, 3.8) is 0 Å². The summed E-state index contributed by atoms with van der Waals surface area (Å²) in [6, 6.07) is 13.5. The summed E-state index contributed by atoms with van der Waals surface area (Å²) in [7, 11) is 0. The number of hydrogen-bond acceptors (Lipinski definition) is 2. The summed E-state index contributed by atoms with van der Waals surface area (Å²) in [5, 5.41) is 14.4. The van der Waals surface area contributed by atoms with Gasteiger partial charge in [0.05, 0.1) is 0 Å². The highest BCUT2D eigenvalue weighted by atomic mass is 79.9. The van der Waals surface area contributed by atoms with Crippen LogP contribution < -0.4 is 5.32 Å². The van der Waals surface area contributed by atoms with E-state index in [0.717, 1.165) is 27.0 Å². The van der Waals surface area contributed by atoms with E-state index in [-0.39, 0.29) is 12.1 Å². The van der Waals surface area contributed by atoms with Crippen molar-refractivity contribution in [2.45, 2.75) is 32.4 Å². The fraction of sp³-hybridized carbons (Fsp3) is 0.294. The van der Waals surface area contributed by atoms with Gasteiger partial charge >= 0.3 is 0 Å². The van der Waals surface area contributed by atoms with Crippen LogP contribution in [0.2, 0.25) is 5.02 Å². The van der Waals surface area contributed by atoms with Crippen molar-refractivity contribution < 1.29 is 5.11 Å². The van der Waals surface area contributed by atoms with Gasteiger partial charge in [-0.15, -0.1) is 0 Å². The molecule has 0 amide bonds. The van der Waals surface area contributed by atoms with Gasteiger partial charge in [0.15, 0.2) is 0 Å². The van der Waals surface area contributed by atoms with Crippen molar-refractivity contribution >= 4 is 27.5 Å². The summed E-state index contributed by atoms with van der Waals surface area (Å²) in [5.41, 5.74) is 1.96. The lowest BCUT2D eigenvalue weighted by Crippen LogP contribution is -2.24. The van der Waals surface area contributed by atoms with Crippen LogP contribution in [0, 0.1) is 0 Å². The molecular weight excluding hydrogens is 350 g/mol. The second-order valence-corrected chi connectivity index (χ2v) is 6.40. The van der Waals surface area contributed by atoms with Crippen molar-refractivity contribution in [1.29, 1.82) is 0 Å². The number of halogens is 2. The lowest BCUT2D eigenvalue weighted by molar-refractivity contribution is 0.419. The first-order chi connectivity index (χ1) is 10.0. The molecule has 0 aliphatic heterocycles. The molecule has 0 saturated carbocycles. The highest BCUT2D eigenvalue weighted by molar-refractivity contribution is 9.10. The second kappa shape index (κ2) is 7.30. The number of rotatable bonds is 5. The molecule has 2 N–H and O–H groups in total. The maximum absolute atomic E-state index is 10.1. The van der Waals surface area contributed by atoms with Gasteiger partial charge in [-0.1, -0.05) is 52.7 Å². The topological polar surface area (TPSA) is 32.3 Å². The molecule has 1 unspecified atom stereocenters. The summed E-state index contributed by atoms with van der Waals surface area (Å²) in [5.74, 6) is 0.309. The molecule has 2 atom stereocenters. The van der Waals surface area contributed by atoms with Crippen LogP contribution in [0.3, 0.4) is 0 Å². The van der Waals surface area contributed by atoms with Crippen LogP contribution in [0.1, 0.15) is 43.5 Å². The van der Waals surface area contributed by atoms with Crippen molar-refractivity contribution in [3.8, 4) is 5.75 Å². The molecule has 0 heterocycles. The Hall–Kier alpha value is -1.03. The van der Waals surface area contributed by atoms with Gasteiger partial charge in [0, 0.05) is 27.1 Å². The first kappa shape index (κ1) is 16.3. The summed E-state index contributed by atoms with van der Waals surface area (Å²) >= 11 is 9.71. The van der Waals surface area contributed by atoms with E-state index >= 15 is 0 Å². The van der Waals surface area contributed by atoms with Crippen LogP contribution in [0.15, 0.2) is 46.9 Å². The average molecular weight is 369 g/mol. The normalized spacial score (nSPS) is 13.9. The molecule has 0 fully saturated rings. The Morgan fingerprint density at radius 2 is 1.90 bits per heavy atom. The highest BCUT2D eigenvalue weighted by Gasteiger charge is 2.18. The number of hydrogen-bond donors (Lipinski definition) is 2. The molecular formula is C17H19BrClNO. The van der Waals surface area contributed by atoms with E-state index in [0.29, 0.717) is 5.75 Å². The molecule has 2 rings (SSSR count). The van der Waals surface area contributed by atoms with E-state index < -0.39 is 0 Å². The Bertz CT molecular complexity index is 617. The third-order valence-electron chi connectivity index (χ3n) is 3.60. The number of nitrogens with one attached hydrogen (secondary N) is 1. The predicted molar refractivity (Wildman–Crippen MR) is 91.8 cm³/mol. The fourth-order valence-electron chi connectivity index (χ4n) is 2.45. The Labute approximate surface area is 139 Å². The fourth-order valence-corrected chi connectivity index (χ4v) is 3.13. The molecule has 0 bridgehead atoms. The molecule has 2 aromatic carbocycles. The molecule has 0 radical (unpaired) electrons. The average Bonchev–Trinajstić information content (AvgIpc) is 2.47. The molecule has 0 aromatic heterocycles. The maximum Gasteiger partial charge on any atom is 0.120 e. The summed E-state index contributed by atoms with van der Waals surface area (Å²) in [6.45, 7) is 4.18. The zero-order valence-corrected chi connectivity index (χ0v) is 14.4. The molecule has 0 aliphatic carbocycles. The van der Waals surface area contributed by atoms with Gasteiger partial charge < -0.3 is 10.4 Å². The first-order valence-electron chi connectivity index (χ1n) is 7.01. The van der Waals surface area contributed by atoms with Crippen LogP contribution >= 0.6 is 27.5 Å². The number of benzene rings is 2. The Balaban J connectivity index is 2.23. The van der Waals surface area contributed by atoms with Crippen LogP contribution in [0.4, 0.5) is 0 Å².